The molecule has 0 spiro atoms. The number of carbonyl (C=O) groups is 1. The Bertz CT molecular complexity index is 447. The molecule has 1 aromatic rings. The first-order valence-corrected chi connectivity index (χ1v) is 6.94. The molecule has 1 aliphatic carbocycles. The summed E-state index contributed by atoms with van der Waals surface area (Å²) in [5.41, 5.74) is 0.527. The molecule has 0 aromatic heterocycles. The molecule has 1 amide bonds. The molecular formula is C13H16FNO2S. The van der Waals surface area contributed by atoms with E-state index in [2.05, 4.69) is 5.32 Å². The van der Waals surface area contributed by atoms with Crippen molar-refractivity contribution in [2.24, 2.45) is 0 Å². The molecule has 2 N–H and O–H groups in total. The van der Waals surface area contributed by atoms with Crippen molar-refractivity contribution in [3.05, 3.63) is 29.6 Å². The van der Waals surface area contributed by atoms with Crippen LogP contribution in [0.15, 0.2) is 23.1 Å². The number of aliphatic hydroxyl groups is 1. The standard InChI is InChI=1S/C13H16FNO2S/c1-8(16)11-6-9(14)2-5-12(11)18-7-13(17)15-10-3-4-10/h2,5-6,8,10,16H,3-4,7H2,1H3,(H,15,17). The molecule has 0 aliphatic heterocycles. The predicted molar refractivity (Wildman–Crippen MR) is 68.9 cm³/mol. The van der Waals surface area contributed by atoms with E-state index in [1.807, 2.05) is 0 Å². The van der Waals surface area contributed by atoms with Gasteiger partial charge in [0, 0.05) is 10.9 Å². The molecule has 1 aliphatic rings. The summed E-state index contributed by atoms with van der Waals surface area (Å²) < 4.78 is 13.1. The minimum atomic E-state index is -0.741. The first-order chi connectivity index (χ1) is 8.56. The molecule has 1 atom stereocenters. The zero-order valence-electron chi connectivity index (χ0n) is 10.1. The van der Waals surface area contributed by atoms with Crippen molar-refractivity contribution in [3.8, 4) is 0 Å². The van der Waals surface area contributed by atoms with Crippen molar-refractivity contribution in [1.29, 1.82) is 0 Å². The minimum Gasteiger partial charge on any atom is -0.389 e. The summed E-state index contributed by atoms with van der Waals surface area (Å²) in [4.78, 5) is 12.3. The summed E-state index contributed by atoms with van der Waals surface area (Å²) in [7, 11) is 0. The number of carbonyl (C=O) groups excluding carboxylic acids is 1. The minimum absolute atomic E-state index is 0.0108. The van der Waals surface area contributed by atoms with Crippen LogP contribution in [-0.4, -0.2) is 22.8 Å². The highest BCUT2D eigenvalue weighted by atomic mass is 32.2. The summed E-state index contributed by atoms with van der Waals surface area (Å²) in [6.45, 7) is 1.59. The third-order valence-corrected chi connectivity index (χ3v) is 3.81. The SMILES string of the molecule is CC(O)c1cc(F)ccc1SCC(=O)NC1CC1. The molecule has 3 nitrogen and oxygen atoms in total. The van der Waals surface area contributed by atoms with Crippen LogP contribution >= 0.6 is 11.8 Å². The van der Waals surface area contributed by atoms with E-state index in [0.29, 0.717) is 17.4 Å². The van der Waals surface area contributed by atoms with Crippen LogP contribution in [-0.2, 0) is 4.79 Å². The van der Waals surface area contributed by atoms with Crippen LogP contribution in [0.3, 0.4) is 0 Å². The second-order valence-corrected chi connectivity index (χ2v) is 5.51. The van der Waals surface area contributed by atoms with E-state index in [9.17, 15) is 14.3 Å². The smallest absolute Gasteiger partial charge is 0.230 e. The van der Waals surface area contributed by atoms with E-state index in [0.717, 1.165) is 17.7 Å². The average molecular weight is 269 g/mol. The van der Waals surface area contributed by atoms with Gasteiger partial charge >= 0.3 is 0 Å². The molecule has 0 saturated heterocycles. The lowest BCUT2D eigenvalue weighted by atomic mass is 10.1. The normalized spacial score (nSPS) is 16.4. The number of aliphatic hydroxyl groups excluding tert-OH is 1. The topological polar surface area (TPSA) is 49.3 Å². The Balaban J connectivity index is 1.96. The fourth-order valence-corrected chi connectivity index (χ4v) is 2.55. The van der Waals surface area contributed by atoms with Crippen molar-refractivity contribution < 1.29 is 14.3 Å². The average Bonchev–Trinajstić information content (AvgIpc) is 3.11. The van der Waals surface area contributed by atoms with Crippen molar-refractivity contribution in [2.75, 3.05) is 5.75 Å². The second kappa shape index (κ2) is 5.71. The first-order valence-electron chi connectivity index (χ1n) is 5.96. The summed E-state index contributed by atoms with van der Waals surface area (Å²) in [6, 6.07) is 4.60. The summed E-state index contributed by atoms with van der Waals surface area (Å²) in [6.07, 6.45) is 1.38. The monoisotopic (exact) mass is 269 g/mol. The Morgan fingerprint density at radius 2 is 2.33 bits per heavy atom. The molecule has 18 heavy (non-hydrogen) atoms. The van der Waals surface area contributed by atoms with Gasteiger partial charge in [0.2, 0.25) is 5.91 Å². The van der Waals surface area contributed by atoms with Gasteiger partial charge in [0.15, 0.2) is 0 Å². The molecule has 0 radical (unpaired) electrons. The predicted octanol–water partition coefficient (Wildman–Crippen LogP) is 2.25. The Morgan fingerprint density at radius 3 is 2.94 bits per heavy atom. The number of nitrogens with one attached hydrogen (secondary N) is 1. The summed E-state index contributed by atoms with van der Waals surface area (Å²) in [5, 5.41) is 12.5. The number of hydrogen-bond donors (Lipinski definition) is 2. The largest absolute Gasteiger partial charge is 0.389 e. The van der Waals surface area contributed by atoms with Crippen LogP contribution in [0.25, 0.3) is 0 Å². The molecule has 1 saturated carbocycles. The third-order valence-electron chi connectivity index (χ3n) is 2.72. The van der Waals surface area contributed by atoms with Gasteiger partial charge in [-0.2, -0.15) is 0 Å². The highest BCUT2D eigenvalue weighted by Gasteiger charge is 2.23. The molecule has 0 heterocycles. The van der Waals surface area contributed by atoms with Crippen LogP contribution in [0.5, 0.6) is 0 Å². The zero-order valence-corrected chi connectivity index (χ0v) is 11.0. The van der Waals surface area contributed by atoms with Crippen LogP contribution in [0, 0.1) is 5.82 Å². The molecule has 2 rings (SSSR count). The van der Waals surface area contributed by atoms with Crippen molar-refractivity contribution in [2.45, 2.75) is 36.8 Å². The van der Waals surface area contributed by atoms with Gasteiger partial charge in [-0.3, -0.25) is 4.79 Å². The Morgan fingerprint density at radius 1 is 1.61 bits per heavy atom. The number of halogens is 1. The lowest BCUT2D eigenvalue weighted by molar-refractivity contribution is -0.118. The first kappa shape index (κ1) is 13.4. The van der Waals surface area contributed by atoms with E-state index in [-0.39, 0.29) is 11.7 Å². The number of thioether (sulfide) groups is 1. The molecular weight excluding hydrogens is 253 g/mol. The van der Waals surface area contributed by atoms with Crippen molar-refractivity contribution in [3.63, 3.8) is 0 Å². The molecule has 98 valence electrons. The van der Waals surface area contributed by atoms with Gasteiger partial charge in [-0.05, 0) is 43.5 Å². The maximum absolute atomic E-state index is 13.1. The molecule has 5 heteroatoms. The maximum atomic E-state index is 13.1. The quantitative estimate of drug-likeness (QED) is 0.806. The maximum Gasteiger partial charge on any atom is 0.230 e. The fraction of sp³-hybridized carbons (Fsp3) is 0.462. The van der Waals surface area contributed by atoms with E-state index >= 15 is 0 Å². The summed E-state index contributed by atoms with van der Waals surface area (Å²) in [5.74, 6) is -0.0944. The van der Waals surface area contributed by atoms with Crippen LogP contribution < -0.4 is 5.32 Å². The molecule has 1 aromatic carbocycles. The van der Waals surface area contributed by atoms with Crippen LogP contribution in [0.4, 0.5) is 4.39 Å². The molecule has 1 unspecified atom stereocenters. The van der Waals surface area contributed by atoms with Gasteiger partial charge in [-0.1, -0.05) is 0 Å². The van der Waals surface area contributed by atoms with E-state index in [1.54, 1.807) is 13.0 Å². The van der Waals surface area contributed by atoms with Crippen LogP contribution in [0.1, 0.15) is 31.4 Å². The van der Waals surface area contributed by atoms with Crippen molar-refractivity contribution >= 4 is 17.7 Å². The van der Waals surface area contributed by atoms with E-state index < -0.39 is 6.10 Å². The molecule has 1 fully saturated rings. The lowest BCUT2D eigenvalue weighted by Gasteiger charge is -2.11. The lowest BCUT2D eigenvalue weighted by Crippen LogP contribution is -2.27. The van der Waals surface area contributed by atoms with E-state index in [1.165, 1.54) is 23.9 Å². The highest BCUT2D eigenvalue weighted by molar-refractivity contribution is 8.00. The van der Waals surface area contributed by atoms with Gasteiger partial charge < -0.3 is 10.4 Å². The number of amides is 1. The summed E-state index contributed by atoms with van der Waals surface area (Å²) >= 11 is 1.32. The Hall–Kier alpha value is -1.07. The van der Waals surface area contributed by atoms with Gasteiger partial charge in [0.1, 0.15) is 5.82 Å². The highest BCUT2D eigenvalue weighted by Crippen LogP contribution is 2.28. The number of rotatable bonds is 5. The zero-order chi connectivity index (χ0) is 13.1. The van der Waals surface area contributed by atoms with Gasteiger partial charge in [0.05, 0.1) is 11.9 Å². The third kappa shape index (κ3) is 3.71. The number of benzene rings is 1. The van der Waals surface area contributed by atoms with Gasteiger partial charge in [-0.15, -0.1) is 11.8 Å². The van der Waals surface area contributed by atoms with Crippen LogP contribution in [0.2, 0.25) is 0 Å². The number of hydrogen-bond acceptors (Lipinski definition) is 3. The van der Waals surface area contributed by atoms with Crippen molar-refractivity contribution in [1.82, 2.24) is 5.32 Å². The van der Waals surface area contributed by atoms with Gasteiger partial charge in [-0.25, -0.2) is 4.39 Å². The Labute approximate surface area is 110 Å². The fourth-order valence-electron chi connectivity index (χ4n) is 1.62. The van der Waals surface area contributed by atoms with E-state index in [4.69, 9.17) is 0 Å². The van der Waals surface area contributed by atoms with Gasteiger partial charge in [0.25, 0.3) is 0 Å². The second-order valence-electron chi connectivity index (χ2n) is 4.49. The Kier molecular flexibility index (Phi) is 4.24. The molecule has 0 bridgehead atoms.